The Balaban J connectivity index is 1.58. The minimum atomic E-state index is 0.328. The number of aliphatic imine (C=N–C) groups is 1. The zero-order valence-electron chi connectivity index (χ0n) is 17.0. The number of aliphatic hydroxyl groups excluding tert-OH is 1. The third kappa shape index (κ3) is 5.61. The standard InChI is InChI=1S/C22H36N4O/c1-3-23-22(26-12-4-5-18(2)16-26)24-15-19-6-8-21(9-7-19)25-13-10-20(17-27)11-14-25/h6-9,18,20,27H,3-5,10-17H2,1-2H3,(H,23,24). The normalized spacial score (nSPS) is 22.2. The SMILES string of the molecule is CCNC(=NCc1ccc(N2CCC(CO)CC2)cc1)N1CCCC(C)C1. The summed E-state index contributed by atoms with van der Waals surface area (Å²) in [5, 5.41) is 12.8. The Bertz CT molecular complexity index is 593. The highest BCUT2D eigenvalue weighted by Crippen LogP contribution is 2.23. The predicted molar refractivity (Wildman–Crippen MR) is 113 cm³/mol. The minimum Gasteiger partial charge on any atom is -0.396 e. The monoisotopic (exact) mass is 372 g/mol. The summed E-state index contributed by atoms with van der Waals surface area (Å²) in [5.41, 5.74) is 2.54. The third-order valence-corrected chi connectivity index (χ3v) is 5.88. The third-order valence-electron chi connectivity index (χ3n) is 5.88. The first-order valence-corrected chi connectivity index (χ1v) is 10.7. The molecule has 0 aromatic heterocycles. The number of aliphatic hydroxyl groups is 1. The van der Waals surface area contributed by atoms with Crippen LogP contribution < -0.4 is 10.2 Å². The predicted octanol–water partition coefficient (Wildman–Crippen LogP) is 3.09. The molecule has 0 bridgehead atoms. The molecule has 0 radical (unpaired) electrons. The second-order valence-electron chi connectivity index (χ2n) is 8.14. The van der Waals surface area contributed by atoms with Crippen LogP contribution in [0.25, 0.3) is 0 Å². The number of likely N-dealkylation sites (tertiary alicyclic amines) is 1. The summed E-state index contributed by atoms with van der Waals surface area (Å²) in [5.74, 6) is 2.29. The number of benzene rings is 1. The van der Waals surface area contributed by atoms with Crippen molar-refractivity contribution in [3.8, 4) is 0 Å². The van der Waals surface area contributed by atoms with E-state index in [1.165, 1.54) is 24.1 Å². The number of guanidine groups is 1. The Hall–Kier alpha value is -1.75. The number of rotatable bonds is 5. The first-order chi connectivity index (χ1) is 13.2. The summed E-state index contributed by atoms with van der Waals surface area (Å²) >= 11 is 0. The molecular formula is C22H36N4O. The molecule has 1 atom stereocenters. The van der Waals surface area contributed by atoms with Crippen molar-refractivity contribution >= 4 is 11.6 Å². The van der Waals surface area contributed by atoms with Crippen molar-refractivity contribution in [2.24, 2.45) is 16.8 Å². The summed E-state index contributed by atoms with van der Waals surface area (Å²) in [6.07, 6.45) is 4.76. The number of piperidine rings is 2. The molecule has 0 aliphatic carbocycles. The van der Waals surface area contributed by atoms with Gasteiger partial charge in [0.05, 0.1) is 6.54 Å². The molecule has 2 fully saturated rings. The van der Waals surface area contributed by atoms with E-state index >= 15 is 0 Å². The fourth-order valence-corrected chi connectivity index (χ4v) is 4.16. The zero-order valence-corrected chi connectivity index (χ0v) is 17.0. The molecule has 0 spiro atoms. The van der Waals surface area contributed by atoms with E-state index in [4.69, 9.17) is 4.99 Å². The molecule has 2 N–H and O–H groups in total. The molecule has 27 heavy (non-hydrogen) atoms. The first-order valence-electron chi connectivity index (χ1n) is 10.7. The molecule has 0 saturated carbocycles. The largest absolute Gasteiger partial charge is 0.396 e. The Morgan fingerprint density at radius 3 is 2.52 bits per heavy atom. The van der Waals surface area contributed by atoms with Gasteiger partial charge in [-0.05, 0) is 62.1 Å². The number of hydrogen-bond acceptors (Lipinski definition) is 3. The summed E-state index contributed by atoms with van der Waals surface area (Å²) < 4.78 is 0. The Labute approximate surface area is 164 Å². The van der Waals surface area contributed by atoms with E-state index in [9.17, 15) is 5.11 Å². The van der Waals surface area contributed by atoms with Crippen molar-refractivity contribution in [1.82, 2.24) is 10.2 Å². The lowest BCUT2D eigenvalue weighted by Crippen LogP contribution is -2.46. The van der Waals surface area contributed by atoms with Gasteiger partial charge in [-0.15, -0.1) is 0 Å². The zero-order chi connectivity index (χ0) is 19.1. The highest BCUT2D eigenvalue weighted by molar-refractivity contribution is 5.80. The Kier molecular flexibility index (Phi) is 7.39. The van der Waals surface area contributed by atoms with Crippen LogP contribution >= 0.6 is 0 Å². The van der Waals surface area contributed by atoms with E-state index in [2.05, 4.69) is 53.2 Å². The maximum absolute atomic E-state index is 9.30. The van der Waals surface area contributed by atoms with E-state index in [1.807, 2.05) is 0 Å². The van der Waals surface area contributed by atoms with Crippen LogP contribution in [0.5, 0.6) is 0 Å². The van der Waals surface area contributed by atoms with Gasteiger partial charge in [0.2, 0.25) is 0 Å². The van der Waals surface area contributed by atoms with Crippen LogP contribution in [0.1, 0.15) is 45.1 Å². The van der Waals surface area contributed by atoms with Crippen molar-refractivity contribution in [3.63, 3.8) is 0 Å². The van der Waals surface area contributed by atoms with Crippen molar-refractivity contribution in [2.45, 2.75) is 46.1 Å². The molecular weight excluding hydrogens is 336 g/mol. The average molecular weight is 373 g/mol. The van der Waals surface area contributed by atoms with Crippen LogP contribution in [0.3, 0.4) is 0 Å². The van der Waals surface area contributed by atoms with Crippen molar-refractivity contribution in [2.75, 3.05) is 44.2 Å². The molecule has 3 rings (SSSR count). The molecule has 2 saturated heterocycles. The van der Waals surface area contributed by atoms with Gasteiger partial charge in [-0.25, -0.2) is 4.99 Å². The second kappa shape index (κ2) is 9.98. The molecule has 2 aliphatic rings. The van der Waals surface area contributed by atoms with Gasteiger partial charge < -0.3 is 20.2 Å². The van der Waals surface area contributed by atoms with Crippen LogP contribution in [0, 0.1) is 11.8 Å². The molecule has 5 heteroatoms. The van der Waals surface area contributed by atoms with Crippen LogP contribution in [0.4, 0.5) is 5.69 Å². The van der Waals surface area contributed by atoms with Gasteiger partial charge in [-0.2, -0.15) is 0 Å². The molecule has 5 nitrogen and oxygen atoms in total. The summed E-state index contributed by atoms with van der Waals surface area (Å²) in [4.78, 5) is 9.74. The molecule has 2 heterocycles. The highest BCUT2D eigenvalue weighted by atomic mass is 16.3. The summed E-state index contributed by atoms with van der Waals surface area (Å²) in [7, 11) is 0. The molecule has 150 valence electrons. The fourth-order valence-electron chi connectivity index (χ4n) is 4.16. The van der Waals surface area contributed by atoms with Gasteiger partial charge in [0, 0.05) is 45.0 Å². The summed E-state index contributed by atoms with van der Waals surface area (Å²) in [6.45, 7) is 10.7. The van der Waals surface area contributed by atoms with Crippen LogP contribution in [0.15, 0.2) is 29.3 Å². The average Bonchev–Trinajstić information content (AvgIpc) is 2.71. The smallest absolute Gasteiger partial charge is 0.194 e. The topological polar surface area (TPSA) is 51.1 Å². The first kappa shape index (κ1) is 20.0. The molecule has 2 aliphatic heterocycles. The fraction of sp³-hybridized carbons (Fsp3) is 0.682. The minimum absolute atomic E-state index is 0.328. The van der Waals surface area contributed by atoms with Crippen LogP contribution in [-0.4, -0.2) is 55.3 Å². The van der Waals surface area contributed by atoms with Gasteiger partial charge in [0.15, 0.2) is 5.96 Å². The van der Waals surface area contributed by atoms with Crippen molar-refractivity contribution in [1.29, 1.82) is 0 Å². The Morgan fingerprint density at radius 2 is 1.89 bits per heavy atom. The lowest BCUT2D eigenvalue weighted by Gasteiger charge is -2.33. The van der Waals surface area contributed by atoms with E-state index in [-0.39, 0.29) is 0 Å². The molecule has 1 unspecified atom stereocenters. The van der Waals surface area contributed by atoms with Crippen molar-refractivity contribution < 1.29 is 5.11 Å². The molecule has 0 amide bonds. The van der Waals surface area contributed by atoms with E-state index in [0.717, 1.165) is 64.0 Å². The van der Waals surface area contributed by atoms with E-state index in [0.29, 0.717) is 12.5 Å². The lowest BCUT2D eigenvalue weighted by atomic mass is 9.97. The lowest BCUT2D eigenvalue weighted by molar-refractivity contribution is 0.203. The second-order valence-corrected chi connectivity index (χ2v) is 8.14. The quantitative estimate of drug-likeness (QED) is 0.616. The Morgan fingerprint density at radius 1 is 1.15 bits per heavy atom. The maximum atomic E-state index is 9.30. The number of nitrogens with one attached hydrogen (secondary N) is 1. The highest BCUT2D eigenvalue weighted by Gasteiger charge is 2.20. The van der Waals surface area contributed by atoms with Gasteiger partial charge in [0.25, 0.3) is 0 Å². The van der Waals surface area contributed by atoms with Gasteiger partial charge in [-0.3, -0.25) is 0 Å². The summed E-state index contributed by atoms with van der Waals surface area (Å²) in [6, 6.07) is 8.86. The van der Waals surface area contributed by atoms with Crippen LogP contribution in [0.2, 0.25) is 0 Å². The van der Waals surface area contributed by atoms with Gasteiger partial charge in [0.1, 0.15) is 0 Å². The van der Waals surface area contributed by atoms with E-state index in [1.54, 1.807) is 0 Å². The molecule has 1 aromatic carbocycles. The maximum Gasteiger partial charge on any atom is 0.194 e. The van der Waals surface area contributed by atoms with Crippen molar-refractivity contribution in [3.05, 3.63) is 29.8 Å². The van der Waals surface area contributed by atoms with E-state index < -0.39 is 0 Å². The molecule has 1 aromatic rings. The number of anilines is 1. The number of hydrogen-bond donors (Lipinski definition) is 2. The van der Waals surface area contributed by atoms with Crippen LogP contribution in [-0.2, 0) is 6.54 Å². The van der Waals surface area contributed by atoms with Gasteiger partial charge >= 0.3 is 0 Å². The van der Waals surface area contributed by atoms with Gasteiger partial charge in [-0.1, -0.05) is 19.1 Å². The number of nitrogens with zero attached hydrogens (tertiary/aromatic N) is 3.